The maximum absolute atomic E-state index is 5.22. The smallest absolute Gasteiger partial charge is 0.133 e. The molecule has 0 saturated carbocycles. The van der Waals surface area contributed by atoms with E-state index in [1.54, 1.807) is 18.9 Å². The van der Waals surface area contributed by atoms with Crippen molar-refractivity contribution in [2.75, 3.05) is 13.4 Å². The molecule has 1 aromatic rings. The van der Waals surface area contributed by atoms with E-state index in [4.69, 9.17) is 4.74 Å². The van der Waals surface area contributed by atoms with Crippen LogP contribution in [0.3, 0.4) is 0 Å². The van der Waals surface area contributed by atoms with Gasteiger partial charge in [-0.05, 0) is 63.6 Å². The number of rotatable bonds is 2. The fourth-order valence-electron chi connectivity index (χ4n) is 0.859. The predicted molar refractivity (Wildman–Crippen MR) is 70.2 cm³/mol. The first-order chi connectivity index (χ1) is 5.70. The molecule has 0 aliphatic heterocycles. The summed E-state index contributed by atoms with van der Waals surface area (Å²) in [4.78, 5) is 1.30. The topological polar surface area (TPSA) is 9.23 Å². The van der Waals surface area contributed by atoms with Crippen molar-refractivity contribution in [2.45, 2.75) is 4.90 Å². The largest absolute Gasteiger partial charge is 0.496 e. The molecule has 1 nitrogen and oxygen atoms in total. The van der Waals surface area contributed by atoms with E-state index in [0.29, 0.717) is 0 Å². The molecule has 0 heterocycles. The first kappa shape index (κ1) is 10.9. The van der Waals surface area contributed by atoms with Crippen LogP contribution in [0.4, 0.5) is 0 Å². The van der Waals surface area contributed by atoms with Gasteiger partial charge in [-0.2, -0.15) is 0 Å². The summed E-state index contributed by atoms with van der Waals surface area (Å²) < 4.78 is 7.70. The molecule has 0 unspecified atom stereocenters. The van der Waals surface area contributed by atoms with Gasteiger partial charge >= 0.3 is 0 Å². The maximum atomic E-state index is 5.22. The highest BCUT2D eigenvalue weighted by Crippen LogP contribution is 2.33. The minimum atomic E-state index is 0.959. The van der Waals surface area contributed by atoms with Gasteiger partial charge in [0.15, 0.2) is 0 Å². The first-order valence-corrected chi connectivity index (χ1v) is 6.65. The average Bonchev–Trinajstić information content (AvgIpc) is 2.06. The number of hydrogen-bond acceptors (Lipinski definition) is 2. The molecule has 1 aromatic carbocycles. The third kappa shape index (κ3) is 2.20. The zero-order valence-corrected chi connectivity index (χ0v) is 11.9. The lowest BCUT2D eigenvalue weighted by molar-refractivity contribution is 0.410. The second-order valence-electron chi connectivity index (χ2n) is 2.10. The van der Waals surface area contributed by atoms with Gasteiger partial charge in [-0.25, -0.2) is 0 Å². The van der Waals surface area contributed by atoms with Crippen molar-refractivity contribution >= 4 is 56.9 Å². The van der Waals surface area contributed by atoms with Crippen molar-refractivity contribution in [1.29, 1.82) is 0 Å². The minimum absolute atomic E-state index is 0.959. The summed E-state index contributed by atoms with van der Waals surface area (Å²) in [7, 11) is 1.70. The number of methoxy groups -OCH3 is 1. The number of thioether (sulfide) groups is 1. The lowest BCUT2D eigenvalue weighted by atomic mass is 10.3. The van der Waals surface area contributed by atoms with Gasteiger partial charge < -0.3 is 4.74 Å². The molecule has 0 N–H and O–H groups in total. The average molecular weight is 406 g/mol. The van der Waals surface area contributed by atoms with Crippen LogP contribution < -0.4 is 4.74 Å². The Hall–Kier alpha value is 0.830. The quantitative estimate of drug-likeness (QED) is 0.549. The van der Waals surface area contributed by atoms with Gasteiger partial charge in [-0.3, -0.25) is 0 Å². The van der Waals surface area contributed by atoms with Gasteiger partial charge in [0.1, 0.15) is 5.75 Å². The predicted octanol–water partition coefficient (Wildman–Crippen LogP) is 3.63. The van der Waals surface area contributed by atoms with Crippen molar-refractivity contribution in [3.63, 3.8) is 0 Å². The Kier molecular flexibility index (Phi) is 4.45. The van der Waals surface area contributed by atoms with Crippen LogP contribution in [-0.4, -0.2) is 13.4 Å². The molecule has 0 saturated heterocycles. The Morgan fingerprint density at radius 3 is 2.50 bits per heavy atom. The third-order valence-electron chi connectivity index (χ3n) is 1.44. The zero-order valence-electron chi connectivity index (χ0n) is 6.73. The van der Waals surface area contributed by atoms with Gasteiger partial charge in [0.05, 0.1) is 10.7 Å². The van der Waals surface area contributed by atoms with E-state index in [2.05, 4.69) is 57.5 Å². The molecule has 0 radical (unpaired) electrons. The van der Waals surface area contributed by atoms with Gasteiger partial charge in [0.25, 0.3) is 0 Å². The van der Waals surface area contributed by atoms with Crippen molar-refractivity contribution < 1.29 is 4.74 Å². The van der Waals surface area contributed by atoms with Gasteiger partial charge in [0, 0.05) is 8.47 Å². The van der Waals surface area contributed by atoms with Crippen molar-refractivity contribution in [3.05, 3.63) is 19.3 Å². The van der Waals surface area contributed by atoms with E-state index in [-0.39, 0.29) is 0 Å². The second kappa shape index (κ2) is 4.90. The van der Waals surface area contributed by atoms with Gasteiger partial charge in [-0.1, -0.05) is 0 Å². The third-order valence-corrected chi connectivity index (χ3v) is 4.97. The van der Waals surface area contributed by atoms with Crippen LogP contribution in [0, 0.1) is 7.14 Å². The van der Waals surface area contributed by atoms with Crippen molar-refractivity contribution in [3.8, 4) is 5.75 Å². The fraction of sp³-hybridized carbons (Fsp3) is 0.250. The van der Waals surface area contributed by atoms with Crippen LogP contribution >= 0.6 is 56.9 Å². The number of benzene rings is 1. The molecule has 0 amide bonds. The highest BCUT2D eigenvalue weighted by molar-refractivity contribution is 14.1. The molecule has 0 spiro atoms. The molecule has 4 heteroatoms. The number of halogens is 2. The number of ether oxygens (including phenoxy) is 1. The highest BCUT2D eigenvalue weighted by Gasteiger charge is 2.08. The van der Waals surface area contributed by atoms with E-state index in [9.17, 15) is 0 Å². The summed E-state index contributed by atoms with van der Waals surface area (Å²) in [6.45, 7) is 0. The molecule has 1 rings (SSSR count). The Morgan fingerprint density at radius 1 is 1.33 bits per heavy atom. The SMILES string of the molecule is COc1ccc(I)c(SC)c1I. The van der Waals surface area contributed by atoms with Crippen LogP contribution in [0.25, 0.3) is 0 Å². The molecule has 12 heavy (non-hydrogen) atoms. The number of hydrogen-bond donors (Lipinski definition) is 0. The van der Waals surface area contributed by atoms with Crippen LogP contribution in [0.1, 0.15) is 0 Å². The van der Waals surface area contributed by atoms with E-state index < -0.39 is 0 Å². The Labute approximate surface area is 104 Å². The Morgan fingerprint density at radius 2 is 2.00 bits per heavy atom. The molecular weight excluding hydrogens is 398 g/mol. The van der Waals surface area contributed by atoms with Crippen LogP contribution in [-0.2, 0) is 0 Å². The van der Waals surface area contributed by atoms with E-state index in [1.807, 2.05) is 6.07 Å². The molecule has 0 aliphatic carbocycles. The van der Waals surface area contributed by atoms with Crippen LogP contribution in [0.2, 0.25) is 0 Å². The summed E-state index contributed by atoms with van der Waals surface area (Å²) in [5.41, 5.74) is 0. The summed E-state index contributed by atoms with van der Waals surface area (Å²) in [5, 5.41) is 0. The van der Waals surface area contributed by atoms with Crippen molar-refractivity contribution in [2.24, 2.45) is 0 Å². The van der Waals surface area contributed by atoms with E-state index in [1.165, 1.54) is 12.0 Å². The second-order valence-corrected chi connectivity index (χ2v) is 5.15. The first-order valence-electron chi connectivity index (χ1n) is 3.26. The maximum Gasteiger partial charge on any atom is 0.133 e. The molecule has 0 aromatic heterocycles. The van der Waals surface area contributed by atoms with Crippen LogP contribution in [0.5, 0.6) is 5.75 Å². The molecular formula is C8H8I2OS. The lowest BCUT2D eigenvalue weighted by Crippen LogP contribution is -1.90. The van der Waals surface area contributed by atoms with E-state index >= 15 is 0 Å². The highest BCUT2D eigenvalue weighted by atomic mass is 127. The molecule has 66 valence electrons. The summed E-state index contributed by atoms with van der Waals surface area (Å²) >= 11 is 6.41. The summed E-state index contributed by atoms with van der Waals surface area (Å²) in [5.74, 6) is 0.959. The lowest BCUT2D eigenvalue weighted by Gasteiger charge is -2.08. The Balaban J connectivity index is 3.24. The van der Waals surface area contributed by atoms with Gasteiger partial charge in [-0.15, -0.1) is 11.8 Å². The van der Waals surface area contributed by atoms with Crippen molar-refractivity contribution in [1.82, 2.24) is 0 Å². The molecule has 0 aliphatic rings. The normalized spacial score (nSPS) is 10.0. The monoisotopic (exact) mass is 406 g/mol. The standard InChI is InChI=1S/C8H8I2OS/c1-11-6-4-3-5(9)8(12-2)7(6)10/h3-4H,1-2H3. The summed E-state index contributed by atoms with van der Waals surface area (Å²) in [6.07, 6.45) is 2.08. The van der Waals surface area contributed by atoms with Crippen LogP contribution in [0.15, 0.2) is 17.0 Å². The zero-order chi connectivity index (χ0) is 9.14. The molecule has 0 fully saturated rings. The molecule has 0 bridgehead atoms. The Bertz CT molecular complexity index is 289. The molecule has 0 atom stereocenters. The fourth-order valence-corrected chi connectivity index (χ4v) is 4.38. The summed E-state index contributed by atoms with van der Waals surface area (Å²) in [6, 6.07) is 4.08. The van der Waals surface area contributed by atoms with E-state index in [0.717, 1.165) is 5.75 Å². The van der Waals surface area contributed by atoms with Gasteiger partial charge in [0.2, 0.25) is 0 Å². The minimum Gasteiger partial charge on any atom is -0.496 e.